The zero-order valence-corrected chi connectivity index (χ0v) is 8.50. The molecule has 72 valence electrons. The molecule has 1 atom stereocenters. The van der Waals surface area contributed by atoms with Crippen LogP contribution in [-0.4, -0.2) is 6.61 Å². The molecule has 0 aliphatic carbocycles. The molecule has 0 aliphatic rings. The fourth-order valence-electron chi connectivity index (χ4n) is 1.53. The lowest BCUT2D eigenvalue weighted by atomic mass is 9.98. The minimum atomic E-state index is 0.364. The molecule has 1 aromatic rings. The van der Waals surface area contributed by atoms with E-state index in [1.807, 2.05) is 0 Å². The van der Waals surface area contributed by atoms with Gasteiger partial charge in [-0.05, 0) is 19.4 Å². The molecule has 0 heterocycles. The summed E-state index contributed by atoms with van der Waals surface area (Å²) >= 11 is 0. The topological polar surface area (TPSA) is 35.2 Å². The summed E-state index contributed by atoms with van der Waals surface area (Å²) in [6, 6.07) is 6.52. The van der Waals surface area contributed by atoms with E-state index in [2.05, 4.69) is 43.8 Å². The van der Waals surface area contributed by atoms with Gasteiger partial charge in [-0.3, -0.25) is 0 Å². The third-order valence-electron chi connectivity index (χ3n) is 2.16. The maximum atomic E-state index is 5.04. The Kier molecular flexibility index (Phi) is 3.46. The van der Waals surface area contributed by atoms with Crippen molar-refractivity contribution in [3.63, 3.8) is 0 Å². The molecule has 0 fully saturated rings. The molecule has 1 aromatic carbocycles. The Morgan fingerprint density at radius 3 is 2.23 bits per heavy atom. The number of benzene rings is 1. The molecule has 1 unspecified atom stereocenters. The number of hydrogen-bond donors (Lipinski definition) is 1. The molecule has 0 saturated carbocycles. The summed E-state index contributed by atoms with van der Waals surface area (Å²) < 4.78 is 0. The van der Waals surface area contributed by atoms with Crippen molar-refractivity contribution in [3.8, 4) is 0 Å². The summed E-state index contributed by atoms with van der Waals surface area (Å²) in [5.41, 5.74) is 3.88. The van der Waals surface area contributed by atoms with Crippen LogP contribution in [0.2, 0.25) is 0 Å². The largest absolute Gasteiger partial charge is 0.304 e. The van der Waals surface area contributed by atoms with Crippen LogP contribution in [0, 0.1) is 13.8 Å². The van der Waals surface area contributed by atoms with Crippen molar-refractivity contribution in [3.05, 3.63) is 34.9 Å². The Bertz CT molecular complexity index is 263. The third kappa shape index (κ3) is 2.83. The molecule has 1 rings (SSSR count). The van der Waals surface area contributed by atoms with Crippen LogP contribution in [0.4, 0.5) is 0 Å². The standard InChI is InChI=1S/C11H17NO/c1-8-4-9(2)6-11(5-8)10(3)7-13-12/h4-6,10H,7,12H2,1-3H3. The van der Waals surface area contributed by atoms with E-state index in [0.717, 1.165) is 0 Å². The Hall–Kier alpha value is -0.860. The maximum Gasteiger partial charge on any atom is 0.0745 e. The second kappa shape index (κ2) is 4.40. The average Bonchev–Trinajstić information content (AvgIpc) is 2.03. The third-order valence-corrected chi connectivity index (χ3v) is 2.16. The lowest BCUT2D eigenvalue weighted by molar-refractivity contribution is 0.126. The quantitative estimate of drug-likeness (QED) is 0.722. The van der Waals surface area contributed by atoms with Gasteiger partial charge in [0, 0.05) is 5.92 Å². The number of nitrogens with two attached hydrogens (primary N) is 1. The highest BCUT2D eigenvalue weighted by Crippen LogP contribution is 2.18. The van der Waals surface area contributed by atoms with Gasteiger partial charge in [-0.2, -0.15) is 0 Å². The minimum absolute atomic E-state index is 0.364. The van der Waals surface area contributed by atoms with E-state index >= 15 is 0 Å². The Morgan fingerprint density at radius 2 is 1.77 bits per heavy atom. The summed E-state index contributed by atoms with van der Waals surface area (Å²) in [6.07, 6.45) is 0. The number of aryl methyl sites for hydroxylation is 2. The van der Waals surface area contributed by atoms with Crippen LogP contribution in [0.1, 0.15) is 29.5 Å². The first kappa shape index (κ1) is 10.2. The van der Waals surface area contributed by atoms with Crippen LogP contribution in [0.15, 0.2) is 18.2 Å². The van der Waals surface area contributed by atoms with E-state index in [1.54, 1.807) is 0 Å². The molecule has 2 heteroatoms. The Balaban J connectivity index is 2.87. The van der Waals surface area contributed by atoms with Crippen LogP contribution < -0.4 is 5.90 Å². The molecule has 0 aliphatic heterocycles. The fraction of sp³-hybridized carbons (Fsp3) is 0.455. The van der Waals surface area contributed by atoms with Gasteiger partial charge in [0.05, 0.1) is 6.61 Å². The van der Waals surface area contributed by atoms with Crippen LogP contribution in [0.25, 0.3) is 0 Å². The van der Waals surface area contributed by atoms with Gasteiger partial charge < -0.3 is 4.84 Å². The molecular formula is C11H17NO. The van der Waals surface area contributed by atoms with Gasteiger partial charge in [0.1, 0.15) is 0 Å². The van der Waals surface area contributed by atoms with Crippen molar-refractivity contribution < 1.29 is 4.84 Å². The molecule has 0 aromatic heterocycles. The molecule has 2 N–H and O–H groups in total. The molecule has 0 bridgehead atoms. The Labute approximate surface area is 79.7 Å². The van der Waals surface area contributed by atoms with Crippen molar-refractivity contribution in [2.75, 3.05) is 6.61 Å². The van der Waals surface area contributed by atoms with Crippen LogP contribution in [0.5, 0.6) is 0 Å². The molecule has 0 saturated heterocycles. The first-order valence-electron chi connectivity index (χ1n) is 4.53. The van der Waals surface area contributed by atoms with Gasteiger partial charge in [0.15, 0.2) is 0 Å². The lowest BCUT2D eigenvalue weighted by Gasteiger charge is -2.11. The molecule has 2 nitrogen and oxygen atoms in total. The summed E-state index contributed by atoms with van der Waals surface area (Å²) in [6.45, 7) is 6.89. The summed E-state index contributed by atoms with van der Waals surface area (Å²) in [7, 11) is 0. The highest BCUT2D eigenvalue weighted by Gasteiger charge is 2.05. The van der Waals surface area contributed by atoms with E-state index < -0.39 is 0 Å². The van der Waals surface area contributed by atoms with Gasteiger partial charge in [0.25, 0.3) is 0 Å². The van der Waals surface area contributed by atoms with Crippen molar-refractivity contribution in [1.82, 2.24) is 0 Å². The second-order valence-corrected chi connectivity index (χ2v) is 3.66. The average molecular weight is 179 g/mol. The molecule has 13 heavy (non-hydrogen) atoms. The van der Waals surface area contributed by atoms with Gasteiger partial charge in [-0.1, -0.05) is 36.2 Å². The van der Waals surface area contributed by atoms with Crippen molar-refractivity contribution in [2.24, 2.45) is 5.90 Å². The van der Waals surface area contributed by atoms with Crippen LogP contribution in [-0.2, 0) is 4.84 Å². The van der Waals surface area contributed by atoms with Crippen LogP contribution in [0.3, 0.4) is 0 Å². The van der Waals surface area contributed by atoms with E-state index in [0.29, 0.717) is 12.5 Å². The zero-order chi connectivity index (χ0) is 9.84. The van der Waals surface area contributed by atoms with Gasteiger partial charge in [-0.25, -0.2) is 5.90 Å². The van der Waals surface area contributed by atoms with Crippen LogP contribution >= 0.6 is 0 Å². The van der Waals surface area contributed by atoms with Gasteiger partial charge in [-0.15, -0.1) is 0 Å². The zero-order valence-electron chi connectivity index (χ0n) is 8.50. The molecule has 0 spiro atoms. The van der Waals surface area contributed by atoms with E-state index in [4.69, 9.17) is 5.90 Å². The van der Waals surface area contributed by atoms with Gasteiger partial charge in [0.2, 0.25) is 0 Å². The first-order chi connectivity index (χ1) is 6.13. The maximum absolute atomic E-state index is 5.04. The Morgan fingerprint density at radius 1 is 1.23 bits per heavy atom. The summed E-state index contributed by atoms with van der Waals surface area (Å²) in [5, 5.41) is 0. The smallest absolute Gasteiger partial charge is 0.0745 e. The fourth-order valence-corrected chi connectivity index (χ4v) is 1.53. The first-order valence-corrected chi connectivity index (χ1v) is 4.53. The summed E-state index contributed by atoms with van der Waals surface area (Å²) in [4.78, 5) is 4.64. The van der Waals surface area contributed by atoms with Gasteiger partial charge >= 0.3 is 0 Å². The highest BCUT2D eigenvalue weighted by atomic mass is 16.6. The van der Waals surface area contributed by atoms with E-state index in [-0.39, 0.29) is 0 Å². The number of rotatable bonds is 3. The second-order valence-electron chi connectivity index (χ2n) is 3.66. The van der Waals surface area contributed by atoms with E-state index in [1.165, 1.54) is 16.7 Å². The minimum Gasteiger partial charge on any atom is -0.304 e. The van der Waals surface area contributed by atoms with Crippen molar-refractivity contribution >= 4 is 0 Å². The molecule has 0 radical (unpaired) electrons. The molecule has 0 amide bonds. The number of hydrogen-bond acceptors (Lipinski definition) is 2. The predicted molar refractivity (Wildman–Crippen MR) is 54.5 cm³/mol. The van der Waals surface area contributed by atoms with Crippen molar-refractivity contribution in [1.29, 1.82) is 0 Å². The normalized spacial score (nSPS) is 12.9. The summed E-state index contributed by atoms with van der Waals surface area (Å²) in [5.74, 6) is 5.41. The SMILES string of the molecule is Cc1cc(C)cc(C(C)CON)c1. The van der Waals surface area contributed by atoms with E-state index in [9.17, 15) is 0 Å². The van der Waals surface area contributed by atoms with Crippen molar-refractivity contribution in [2.45, 2.75) is 26.7 Å². The lowest BCUT2D eigenvalue weighted by Crippen LogP contribution is -2.08. The predicted octanol–water partition coefficient (Wildman–Crippen LogP) is 2.30. The highest BCUT2D eigenvalue weighted by molar-refractivity contribution is 5.30. The molecular weight excluding hydrogens is 162 g/mol. The monoisotopic (exact) mass is 179 g/mol.